The molecule has 0 aliphatic heterocycles. The average Bonchev–Trinajstić information content (AvgIpc) is 2.55. The maximum atomic E-state index is 12.2. The summed E-state index contributed by atoms with van der Waals surface area (Å²) in [6, 6.07) is 13.2. The number of rotatable bonds is 6. The standard InChI is InChI=1S/C19H21NO4/c1-12(2)24-17-10-8-14(9-11-17)13(3)20-18(21)15-4-6-16(7-5-15)19(22)23/h4-13H,1-3H3,(H,20,21)(H,22,23). The monoisotopic (exact) mass is 327 g/mol. The zero-order valence-corrected chi connectivity index (χ0v) is 13.9. The highest BCUT2D eigenvalue weighted by Gasteiger charge is 2.12. The van der Waals surface area contributed by atoms with Crippen molar-refractivity contribution in [3.05, 3.63) is 65.2 Å². The van der Waals surface area contributed by atoms with Crippen LogP contribution in [0.5, 0.6) is 5.75 Å². The fraction of sp³-hybridized carbons (Fsp3) is 0.263. The molecule has 1 atom stereocenters. The molecular formula is C19H21NO4. The van der Waals surface area contributed by atoms with Gasteiger partial charge in [0.05, 0.1) is 17.7 Å². The van der Waals surface area contributed by atoms with Crippen molar-refractivity contribution >= 4 is 11.9 Å². The molecule has 0 aliphatic rings. The molecule has 2 aromatic carbocycles. The van der Waals surface area contributed by atoms with Crippen LogP contribution in [0.25, 0.3) is 0 Å². The van der Waals surface area contributed by atoms with E-state index in [2.05, 4.69) is 5.32 Å². The van der Waals surface area contributed by atoms with Gasteiger partial charge in [0, 0.05) is 5.56 Å². The van der Waals surface area contributed by atoms with Crippen molar-refractivity contribution in [2.45, 2.75) is 32.9 Å². The van der Waals surface area contributed by atoms with Crippen LogP contribution in [-0.2, 0) is 0 Å². The Labute approximate surface area is 141 Å². The van der Waals surface area contributed by atoms with E-state index in [9.17, 15) is 9.59 Å². The summed E-state index contributed by atoms with van der Waals surface area (Å²) in [6.07, 6.45) is 0.113. The van der Waals surface area contributed by atoms with Crippen molar-refractivity contribution in [3.63, 3.8) is 0 Å². The van der Waals surface area contributed by atoms with Crippen LogP contribution in [0.3, 0.4) is 0 Å². The number of nitrogens with one attached hydrogen (secondary N) is 1. The summed E-state index contributed by atoms with van der Waals surface area (Å²) in [5.41, 5.74) is 1.54. The Morgan fingerprint density at radius 2 is 1.46 bits per heavy atom. The minimum atomic E-state index is -1.01. The third-order valence-electron chi connectivity index (χ3n) is 3.49. The summed E-state index contributed by atoms with van der Waals surface area (Å²) in [6.45, 7) is 5.82. The molecule has 24 heavy (non-hydrogen) atoms. The number of carboxylic acids is 1. The molecule has 5 heteroatoms. The smallest absolute Gasteiger partial charge is 0.335 e. The molecule has 0 fully saturated rings. The highest BCUT2D eigenvalue weighted by Crippen LogP contribution is 2.19. The van der Waals surface area contributed by atoms with Crippen LogP contribution in [0.15, 0.2) is 48.5 Å². The SMILES string of the molecule is CC(C)Oc1ccc(C(C)NC(=O)c2ccc(C(=O)O)cc2)cc1. The second kappa shape index (κ2) is 7.64. The molecule has 0 aliphatic carbocycles. The predicted octanol–water partition coefficient (Wildman–Crippen LogP) is 3.66. The largest absolute Gasteiger partial charge is 0.491 e. The number of benzene rings is 2. The summed E-state index contributed by atoms with van der Waals surface area (Å²) >= 11 is 0. The highest BCUT2D eigenvalue weighted by atomic mass is 16.5. The molecule has 1 unspecified atom stereocenters. The molecular weight excluding hydrogens is 306 g/mol. The molecule has 2 aromatic rings. The second-order valence-corrected chi connectivity index (χ2v) is 5.81. The molecule has 5 nitrogen and oxygen atoms in total. The number of carbonyl (C=O) groups is 2. The molecule has 0 radical (unpaired) electrons. The number of amides is 1. The maximum Gasteiger partial charge on any atom is 0.335 e. The van der Waals surface area contributed by atoms with Crippen molar-refractivity contribution < 1.29 is 19.4 Å². The highest BCUT2D eigenvalue weighted by molar-refractivity contribution is 5.96. The van der Waals surface area contributed by atoms with Gasteiger partial charge in [0.25, 0.3) is 5.91 Å². The summed E-state index contributed by atoms with van der Waals surface area (Å²) in [4.78, 5) is 23.1. The van der Waals surface area contributed by atoms with Gasteiger partial charge in [-0.2, -0.15) is 0 Å². The van der Waals surface area contributed by atoms with E-state index in [1.54, 1.807) is 0 Å². The Kier molecular flexibility index (Phi) is 5.58. The molecule has 1 amide bonds. The Hall–Kier alpha value is -2.82. The summed E-state index contributed by atoms with van der Waals surface area (Å²) in [5.74, 6) is -0.475. The first-order valence-corrected chi connectivity index (χ1v) is 7.77. The van der Waals surface area contributed by atoms with Gasteiger partial charge in [-0.15, -0.1) is 0 Å². The van der Waals surface area contributed by atoms with E-state index >= 15 is 0 Å². The average molecular weight is 327 g/mol. The molecule has 0 spiro atoms. The van der Waals surface area contributed by atoms with Crippen LogP contribution in [0.2, 0.25) is 0 Å². The van der Waals surface area contributed by atoms with Crippen LogP contribution in [0, 0.1) is 0 Å². The number of ether oxygens (including phenoxy) is 1. The first-order valence-electron chi connectivity index (χ1n) is 7.77. The topological polar surface area (TPSA) is 75.6 Å². The Morgan fingerprint density at radius 1 is 0.917 bits per heavy atom. The first kappa shape index (κ1) is 17.5. The summed E-state index contributed by atoms with van der Waals surface area (Å²) in [7, 11) is 0. The lowest BCUT2D eigenvalue weighted by molar-refractivity contribution is 0.0696. The molecule has 126 valence electrons. The molecule has 0 aromatic heterocycles. The van der Waals surface area contributed by atoms with Crippen molar-refractivity contribution in [1.29, 1.82) is 0 Å². The molecule has 0 heterocycles. The zero-order valence-electron chi connectivity index (χ0n) is 13.9. The minimum absolute atomic E-state index is 0.113. The fourth-order valence-corrected chi connectivity index (χ4v) is 2.23. The van der Waals surface area contributed by atoms with Crippen LogP contribution >= 0.6 is 0 Å². The summed E-state index contributed by atoms with van der Waals surface area (Å²) in [5, 5.41) is 11.8. The van der Waals surface area contributed by atoms with E-state index in [0.717, 1.165) is 11.3 Å². The van der Waals surface area contributed by atoms with Gasteiger partial charge >= 0.3 is 5.97 Å². The third-order valence-corrected chi connectivity index (χ3v) is 3.49. The molecule has 0 saturated carbocycles. The minimum Gasteiger partial charge on any atom is -0.491 e. The van der Waals surface area contributed by atoms with E-state index in [4.69, 9.17) is 9.84 Å². The zero-order chi connectivity index (χ0) is 17.7. The number of aromatic carboxylic acids is 1. The second-order valence-electron chi connectivity index (χ2n) is 5.81. The lowest BCUT2D eigenvalue weighted by Crippen LogP contribution is -2.26. The van der Waals surface area contributed by atoms with Gasteiger partial charge in [-0.1, -0.05) is 12.1 Å². The lowest BCUT2D eigenvalue weighted by Gasteiger charge is -2.16. The molecule has 0 bridgehead atoms. The van der Waals surface area contributed by atoms with Crippen molar-refractivity contribution in [3.8, 4) is 5.75 Å². The van der Waals surface area contributed by atoms with E-state index in [1.165, 1.54) is 24.3 Å². The number of hydrogen-bond acceptors (Lipinski definition) is 3. The van der Waals surface area contributed by atoms with E-state index < -0.39 is 5.97 Å². The van der Waals surface area contributed by atoms with Crippen LogP contribution in [0.4, 0.5) is 0 Å². The number of carbonyl (C=O) groups excluding carboxylic acids is 1. The van der Waals surface area contributed by atoms with Gasteiger partial charge in [0.15, 0.2) is 0 Å². The van der Waals surface area contributed by atoms with Gasteiger partial charge in [0.2, 0.25) is 0 Å². The number of hydrogen-bond donors (Lipinski definition) is 2. The van der Waals surface area contributed by atoms with Gasteiger partial charge in [-0.3, -0.25) is 4.79 Å². The molecule has 2 N–H and O–H groups in total. The Morgan fingerprint density at radius 3 is 1.96 bits per heavy atom. The van der Waals surface area contributed by atoms with Gasteiger partial charge < -0.3 is 15.2 Å². The quantitative estimate of drug-likeness (QED) is 0.849. The van der Waals surface area contributed by atoms with Crippen molar-refractivity contribution in [1.82, 2.24) is 5.32 Å². The number of carboxylic acid groups (broad SMARTS) is 1. The van der Waals surface area contributed by atoms with Crippen LogP contribution in [-0.4, -0.2) is 23.1 Å². The lowest BCUT2D eigenvalue weighted by atomic mass is 10.1. The fourth-order valence-electron chi connectivity index (χ4n) is 2.23. The van der Waals surface area contributed by atoms with E-state index in [1.807, 2.05) is 45.0 Å². The summed E-state index contributed by atoms with van der Waals surface area (Å²) < 4.78 is 5.59. The van der Waals surface area contributed by atoms with Crippen LogP contribution < -0.4 is 10.1 Å². The first-order chi connectivity index (χ1) is 11.4. The third kappa shape index (κ3) is 4.59. The van der Waals surface area contributed by atoms with Crippen molar-refractivity contribution in [2.24, 2.45) is 0 Å². The van der Waals surface area contributed by atoms with Crippen molar-refractivity contribution in [2.75, 3.05) is 0 Å². The van der Waals surface area contributed by atoms with Gasteiger partial charge in [-0.25, -0.2) is 4.79 Å². The predicted molar refractivity (Wildman–Crippen MR) is 91.5 cm³/mol. The molecule has 0 saturated heterocycles. The Bertz CT molecular complexity index is 705. The van der Waals surface area contributed by atoms with Gasteiger partial charge in [-0.05, 0) is 62.7 Å². The van der Waals surface area contributed by atoms with E-state index in [-0.39, 0.29) is 23.6 Å². The Balaban J connectivity index is 2.01. The van der Waals surface area contributed by atoms with Crippen LogP contribution in [0.1, 0.15) is 53.1 Å². The normalized spacial score (nSPS) is 11.8. The van der Waals surface area contributed by atoms with Gasteiger partial charge in [0.1, 0.15) is 5.75 Å². The molecule has 2 rings (SSSR count). The maximum absolute atomic E-state index is 12.2. The van der Waals surface area contributed by atoms with E-state index in [0.29, 0.717) is 5.56 Å².